The summed E-state index contributed by atoms with van der Waals surface area (Å²) in [5.74, 6) is -0.351. The van der Waals surface area contributed by atoms with Crippen molar-refractivity contribution in [2.75, 3.05) is 5.32 Å². The van der Waals surface area contributed by atoms with E-state index >= 15 is 0 Å². The Bertz CT molecular complexity index is 989. The number of aromatic hydroxyl groups is 1. The Labute approximate surface area is 148 Å². The van der Waals surface area contributed by atoms with Crippen molar-refractivity contribution in [1.29, 1.82) is 0 Å². The number of benzene rings is 1. The summed E-state index contributed by atoms with van der Waals surface area (Å²) in [6.07, 6.45) is 0. The molecule has 0 spiro atoms. The van der Waals surface area contributed by atoms with E-state index in [0.717, 1.165) is 29.6 Å². The van der Waals surface area contributed by atoms with E-state index < -0.39 is 10.8 Å². The van der Waals surface area contributed by atoms with Crippen molar-refractivity contribution in [3.8, 4) is 5.75 Å². The fourth-order valence-corrected chi connectivity index (χ4v) is 2.49. The molecule has 0 aliphatic rings. The van der Waals surface area contributed by atoms with Crippen LogP contribution >= 0.6 is 0 Å². The summed E-state index contributed by atoms with van der Waals surface area (Å²) in [4.78, 5) is 22.5. The zero-order valence-electron chi connectivity index (χ0n) is 14.1. The highest BCUT2D eigenvalue weighted by Gasteiger charge is 2.16. The Morgan fingerprint density at radius 2 is 2.08 bits per heavy atom. The lowest BCUT2D eigenvalue weighted by Crippen LogP contribution is -2.11. The minimum Gasteiger partial charge on any atom is -0.506 e. The standard InChI is InChI=1S/C17H16N4O5/c1-10-7-11(2)20(19-10)9-13-4-6-16(26-13)17(23)18-14-8-12(21(24)25)3-5-15(14)22/h3-8,22H,9H2,1-2H3,(H,18,23). The quantitative estimate of drug-likeness (QED) is 0.411. The molecule has 0 aliphatic carbocycles. The predicted octanol–water partition coefficient (Wildman–Crippen LogP) is 3.01. The van der Waals surface area contributed by atoms with Crippen molar-refractivity contribution in [3.63, 3.8) is 0 Å². The van der Waals surface area contributed by atoms with Crippen molar-refractivity contribution in [1.82, 2.24) is 9.78 Å². The molecule has 134 valence electrons. The molecule has 2 aromatic heterocycles. The number of aromatic nitrogens is 2. The van der Waals surface area contributed by atoms with Crippen LogP contribution in [-0.4, -0.2) is 25.7 Å². The highest BCUT2D eigenvalue weighted by atomic mass is 16.6. The van der Waals surface area contributed by atoms with Crippen LogP contribution in [0.2, 0.25) is 0 Å². The molecule has 0 unspecified atom stereocenters. The minimum atomic E-state index is -0.625. The Hall–Kier alpha value is -3.62. The van der Waals surface area contributed by atoms with E-state index in [2.05, 4.69) is 10.4 Å². The molecular formula is C17H16N4O5. The molecule has 0 saturated heterocycles. The smallest absolute Gasteiger partial charge is 0.291 e. The number of carbonyl (C=O) groups excluding carboxylic acids is 1. The van der Waals surface area contributed by atoms with Crippen molar-refractivity contribution in [2.24, 2.45) is 0 Å². The summed E-state index contributed by atoms with van der Waals surface area (Å²) in [5.41, 5.74) is 1.53. The predicted molar refractivity (Wildman–Crippen MR) is 92.2 cm³/mol. The summed E-state index contributed by atoms with van der Waals surface area (Å²) < 4.78 is 7.27. The number of phenolic OH excluding ortho intramolecular Hbond substituents is 1. The lowest BCUT2D eigenvalue weighted by molar-refractivity contribution is -0.384. The first-order valence-electron chi connectivity index (χ1n) is 7.72. The van der Waals surface area contributed by atoms with E-state index in [1.54, 1.807) is 10.7 Å². The van der Waals surface area contributed by atoms with Gasteiger partial charge in [0.05, 0.1) is 22.8 Å². The molecule has 3 aromatic rings. The number of nitro benzene ring substituents is 1. The molecule has 0 bridgehead atoms. The van der Waals surface area contributed by atoms with Gasteiger partial charge in [0.15, 0.2) is 5.76 Å². The summed E-state index contributed by atoms with van der Waals surface area (Å²) in [6.45, 7) is 4.17. The van der Waals surface area contributed by atoms with Gasteiger partial charge in [-0.2, -0.15) is 5.10 Å². The fourth-order valence-electron chi connectivity index (χ4n) is 2.49. The number of nitrogens with one attached hydrogen (secondary N) is 1. The van der Waals surface area contributed by atoms with E-state index in [-0.39, 0.29) is 22.9 Å². The summed E-state index contributed by atoms with van der Waals surface area (Å²) in [5, 5.41) is 27.3. The van der Waals surface area contributed by atoms with Gasteiger partial charge in [-0.1, -0.05) is 0 Å². The molecule has 0 radical (unpaired) electrons. The lowest BCUT2D eigenvalue weighted by atomic mass is 10.2. The third kappa shape index (κ3) is 3.56. The lowest BCUT2D eigenvalue weighted by Gasteiger charge is -2.05. The molecule has 3 rings (SSSR count). The van der Waals surface area contributed by atoms with E-state index in [4.69, 9.17) is 4.42 Å². The molecule has 0 atom stereocenters. The number of rotatable bonds is 5. The van der Waals surface area contributed by atoms with Crippen molar-refractivity contribution >= 4 is 17.3 Å². The monoisotopic (exact) mass is 356 g/mol. The van der Waals surface area contributed by atoms with E-state index in [1.165, 1.54) is 6.07 Å². The first-order valence-corrected chi connectivity index (χ1v) is 7.72. The van der Waals surface area contributed by atoms with E-state index in [9.17, 15) is 20.0 Å². The average Bonchev–Trinajstić information content (AvgIpc) is 3.16. The van der Waals surface area contributed by atoms with Crippen LogP contribution in [0.15, 0.2) is 40.8 Å². The molecule has 9 nitrogen and oxygen atoms in total. The molecule has 2 heterocycles. The number of aryl methyl sites for hydroxylation is 2. The molecule has 1 aromatic carbocycles. The molecule has 2 N–H and O–H groups in total. The molecule has 0 fully saturated rings. The first kappa shape index (κ1) is 17.2. The number of non-ortho nitro benzene ring substituents is 1. The second-order valence-corrected chi connectivity index (χ2v) is 5.76. The highest BCUT2D eigenvalue weighted by molar-refractivity contribution is 6.03. The van der Waals surface area contributed by atoms with Crippen LogP contribution in [0.5, 0.6) is 5.75 Å². The van der Waals surface area contributed by atoms with E-state index in [0.29, 0.717) is 12.3 Å². The number of hydrogen-bond donors (Lipinski definition) is 2. The van der Waals surface area contributed by atoms with Gasteiger partial charge in [-0.15, -0.1) is 0 Å². The number of carbonyl (C=O) groups is 1. The van der Waals surface area contributed by atoms with E-state index in [1.807, 2.05) is 19.9 Å². The van der Waals surface area contributed by atoms with Crippen LogP contribution in [0.3, 0.4) is 0 Å². The molecule has 0 aliphatic heterocycles. The molecule has 1 amide bonds. The Balaban J connectivity index is 1.75. The maximum atomic E-state index is 12.3. The van der Waals surface area contributed by atoms with Crippen molar-refractivity contribution in [2.45, 2.75) is 20.4 Å². The average molecular weight is 356 g/mol. The topological polar surface area (TPSA) is 123 Å². The molecule has 9 heteroatoms. The maximum absolute atomic E-state index is 12.3. The van der Waals surface area contributed by atoms with Crippen LogP contribution in [0.25, 0.3) is 0 Å². The van der Waals surface area contributed by atoms with Gasteiger partial charge in [0.25, 0.3) is 11.6 Å². The number of furan rings is 1. The first-order chi connectivity index (χ1) is 12.3. The third-order valence-electron chi connectivity index (χ3n) is 3.73. The Morgan fingerprint density at radius 1 is 1.31 bits per heavy atom. The van der Waals surface area contributed by atoms with Crippen LogP contribution in [0.1, 0.15) is 27.7 Å². The van der Waals surface area contributed by atoms with Gasteiger partial charge in [-0.3, -0.25) is 19.6 Å². The molecule has 0 saturated carbocycles. The van der Waals surface area contributed by atoms with Crippen LogP contribution < -0.4 is 5.32 Å². The van der Waals surface area contributed by atoms with Crippen LogP contribution in [0, 0.1) is 24.0 Å². The minimum absolute atomic E-state index is 0.0208. The molecular weight excluding hydrogens is 340 g/mol. The number of phenols is 1. The van der Waals surface area contributed by atoms with Gasteiger partial charge in [0.2, 0.25) is 0 Å². The van der Waals surface area contributed by atoms with Gasteiger partial charge in [0, 0.05) is 17.8 Å². The summed E-state index contributed by atoms with van der Waals surface area (Å²) >= 11 is 0. The van der Waals surface area contributed by atoms with Gasteiger partial charge in [-0.05, 0) is 38.1 Å². The van der Waals surface area contributed by atoms with Crippen molar-refractivity contribution < 1.29 is 19.2 Å². The third-order valence-corrected chi connectivity index (χ3v) is 3.73. The Morgan fingerprint density at radius 3 is 2.73 bits per heavy atom. The van der Waals surface area contributed by atoms with Crippen LogP contribution in [-0.2, 0) is 6.54 Å². The van der Waals surface area contributed by atoms with Gasteiger partial charge < -0.3 is 14.8 Å². The largest absolute Gasteiger partial charge is 0.506 e. The van der Waals surface area contributed by atoms with Gasteiger partial charge in [0.1, 0.15) is 11.5 Å². The highest BCUT2D eigenvalue weighted by Crippen LogP contribution is 2.28. The zero-order valence-corrected chi connectivity index (χ0v) is 14.1. The normalized spacial score (nSPS) is 10.7. The second-order valence-electron chi connectivity index (χ2n) is 5.76. The second kappa shape index (κ2) is 6.71. The number of nitrogens with zero attached hydrogens (tertiary/aromatic N) is 3. The van der Waals surface area contributed by atoms with Gasteiger partial charge >= 0.3 is 0 Å². The Kier molecular flexibility index (Phi) is 4.44. The zero-order chi connectivity index (χ0) is 18.8. The maximum Gasteiger partial charge on any atom is 0.291 e. The summed E-state index contributed by atoms with van der Waals surface area (Å²) in [6, 6.07) is 8.44. The number of nitro groups is 1. The van der Waals surface area contributed by atoms with Crippen molar-refractivity contribution in [3.05, 3.63) is 69.4 Å². The summed E-state index contributed by atoms with van der Waals surface area (Å²) in [7, 11) is 0. The fraction of sp³-hybridized carbons (Fsp3) is 0.176. The van der Waals surface area contributed by atoms with Crippen LogP contribution in [0.4, 0.5) is 11.4 Å². The SMILES string of the molecule is Cc1cc(C)n(Cc2ccc(C(=O)Nc3cc([N+](=O)[O-])ccc3O)o2)n1. The molecule has 26 heavy (non-hydrogen) atoms. The van der Waals surface area contributed by atoms with Gasteiger partial charge in [-0.25, -0.2) is 0 Å². The number of hydrogen-bond acceptors (Lipinski definition) is 6. The number of amides is 1. The number of anilines is 1.